The maximum atomic E-state index is 11.2. The van der Waals surface area contributed by atoms with Gasteiger partial charge in [-0.05, 0) is 43.0 Å². The summed E-state index contributed by atoms with van der Waals surface area (Å²) < 4.78 is 5.95. The number of ether oxygens (including phenoxy) is 1. The summed E-state index contributed by atoms with van der Waals surface area (Å²) in [6.45, 7) is 4.86. The van der Waals surface area contributed by atoms with Crippen molar-refractivity contribution >= 4 is 11.7 Å². The van der Waals surface area contributed by atoms with Crippen molar-refractivity contribution in [2.45, 2.75) is 161 Å². The number of hydrogen-bond donors (Lipinski definition) is 2. The average molecular weight is 566 g/mol. The van der Waals surface area contributed by atoms with Crippen LogP contribution in [-0.2, 0) is 4.74 Å². The molecular formula is C37H59NO3. The third-order valence-electron chi connectivity index (χ3n) is 7.42. The minimum atomic E-state index is -0.932. The fraction of sp³-hybridized carbons (Fsp3) is 0.703. The second kappa shape index (κ2) is 27.7. The van der Waals surface area contributed by atoms with Gasteiger partial charge in [0.15, 0.2) is 6.23 Å². The Kier molecular flexibility index (Phi) is 24.7. The smallest absolute Gasteiger partial charge is 0.335 e. The van der Waals surface area contributed by atoms with Gasteiger partial charge in [0, 0.05) is 18.5 Å². The van der Waals surface area contributed by atoms with Gasteiger partial charge in [-0.3, -0.25) is 0 Å². The quantitative estimate of drug-likeness (QED) is 0.0703. The number of unbranched alkanes of at least 4 members (excludes halogenated alkanes) is 20. The van der Waals surface area contributed by atoms with Gasteiger partial charge in [0.1, 0.15) is 6.61 Å². The van der Waals surface area contributed by atoms with E-state index in [1.54, 1.807) is 24.3 Å². The largest absolute Gasteiger partial charge is 0.478 e. The lowest BCUT2D eigenvalue weighted by Gasteiger charge is -2.14. The number of anilines is 1. The second-order valence-electron chi connectivity index (χ2n) is 11.3. The van der Waals surface area contributed by atoms with Crippen molar-refractivity contribution in [2.24, 2.45) is 0 Å². The lowest BCUT2D eigenvalue weighted by Crippen LogP contribution is -2.21. The van der Waals surface area contributed by atoms with Gasteiger partial charge < -0.3 is 15.2 Å². The molecule has 0 radical (unpaired) electrons. The third kappa shape index (κ3) is 22.9. The molecule has 1 aromatic carbocycles. The van der Waals surface area contributed by atoms with Crippen molar-refractivity contribution in [3.8, 4) is 23.7 Å². The minimum absolute atomic E-state index is 0.262. The number of benzene rings is 1. The van der Waals surface area contributed by atoms with Crippen molar-refractivity contribution in [1.82, 2.24) is 0 Å². The monoisotopic (exact) mass is 565 g/mol. The van der Waals surface area contributed by atoms with Crippen LogP contribution in [0.2, 0.25) is 0 Å². The minimum Gasteiger partial charge on any atom is -0.478 e. The van der Waals surface area contributed by atoms with E-state index in [1.807, 2.05) is 0 Å². The highest BCUT2D eigenvalue weighted by Gasteiger charge is 2.06. The van der Waals surface area contributed by atoms with E-state index in [2.05, 4.69) is 42.8 Å². The van der Waals surface area contributed by atoms with Crippen molar-refractivity contribution in [2.75, 3.05) is 11.9 Å². The standard InChI is InChI=1S/C37H59NO3/c1-3-5-7-9-11-13-15-17-19-21-23-25-27-33-41-36(38-35-31-29-34(30-32-35)37(39)40)28-26-24-22-20-18-16-14-12-10-8-6-4-2/h29-32,36,38H,3-24,33H2,1-2H3,(H,39,40). The SMILES string of the molecule is CCCCCCCCCCCCC#CCOC(C#CCCCCCCCCCCCC)Nc1ccc(C(=O)O)cc1. The zero-order chi connectivity index (χ0) is 29.6. The Balaban J connectivity index is 2.32. The van der Waals surface area contributed by atoms with E-state index in [0.29, 0.717) is 6.61 Å². The van der Waals surface area contributed by atoms with Crippen LogP contribution in [0.15, 0.2) is 24.3 Å². The molecule has 0 aliphatic heterocycles. The summed E-state index contributed by atoms with van der Waals surface area (Å²) in [6.07, 6.45) is 27.8. The molecule has 0 saturated heterocycles. The number of carboxylic acid groups (broad SMARTS) is 1. The van der Waals surface area contributed by atoms with Gasteiger partial charge in [-0.25, -0.2) is 4.79 Å². The normalized spacial score (nSPS) is 11.3. The van der Waals surface area contributed by atoms with Crippen LogP contribution in [0.3, 0.4) is 0 Å². The van der Waals surface area contributed by atoms with Gasteiger partial charge in [-0.2, -0.15) is 0 Å². The van der Waals surface area contributed by atoms with Crippen molar-refractivity contribution in [3.05, 3.63) is 29.8 Å². The van der Waals surface area contributed by atoms with E-state index in [1.165, 1.54) is 116 Å². The molecule has 0 fully saturated rings. The Morgan fingerprint density at radius 3 is 1.56 bits per heavy atom. The first kappa shape index (κ1) is 36.6. The molecule has 41 heavy (non-hydrogen) atoms. The first-order chi connectivity index (χ1) is 20.2. The molecule has 0 amide bonds. The Morgan fingerprint density at radius 1 is 0.659 bits per heavy atom. The van der Waals surface area contributed by atoms with Gasteiger partial charge >= 0.3 is 5.97 Å². The van der Waals surface area contributed by atoms with Gasteiger partial charge in [-0.1, -0.05) is 141 Å². The molecule has 0 aliphatic rings. The first-order valence-corrected chi connectivity index (χ1v) is 16.8. The molecule has 0 aliphatic carbocycles. The molecule has 0 bridgehead atoms. The Morgan fingerprint density at radius 2 is 1.10 bits per heavy atom. The molecule has 2 N–H and O–H groups in total. The molecule has 0 heterocycles. The van der Waals surface area contributed by atoms with E-state index >= 15 is 0 Å². The van der Waals surface area contributed by atoms with Crippen LogP contribution in [0, 0.1) is 23.7 Å². The van der Waals surface area contributed by atoms with Gasteiger partial charge in [-0.15, -0.1) is 5.92 Å². The van der Waals surface area contributed by atoms with Crippen LogP contribution >= 0.6 is 0 Å². The molecule has 0 spiro atoms. The molecule has 0 aromatic heterocycles. The van der Waals surface area contributed by atoms with Crippen molar-refractivity contribution < 1.29 is 14.6 Å². The van der Waals surface area contributed by atoms with Gasteiger partial charge in [0.25, 0.3) is 0 Å². The van der Waals surface area contributed by atoms with Crippen molar-refractivity contribution in [1.29, 1.82) is 0 Å². The van der Waals surface area contributed by atoms with Crippen LogP contribution in [-0.4, -0.2) is 23.9 Å². The number of carboxylic acids is 1. The summed E-state index contributed by atoms with van der Waals surface area (Å²) in [4.78, 5) is 11.2. The van der Waals surface area contributed by atoms with Crippen LogP contribution in [0.25, 0.3) is 0 Å². The summed E-state index contributed by atoms with van der Waals surface area (Å²) >= 11 is 0. The van der Waals surface area contributed by atoms with Crippen LogP contribution in [0.1, 0.15) is 165 Å². The maximum absolute atomic E-state index is 11.2. The van der Waals surface area contributed by atoms with E-state index < -0.39 is 12.2 Å². The summed E-state index contributed by atoms with van der Waals surface area (Å²) in [6, 6.07) is 6.68. The zero-order valence-electron chi connectivity index (χ0n) is 26.4. The second-order valence-corrected chi connectivity index (χ2v) is 11.3. The molecule has 4 nitrogen and oxygen atoms in total. The zero-order valence-corrected chi connectivity index (χ0v) is 26.4. The van der Waals surface area contributed by atoms with E-state index in [9.17, 15) is 4.79 Å². The van der Waals surface area contributed by atoms with Crippen LogP contribution in [0.5, 0.6) is 0 Å². The highest BCUT2D eigenvalue weighted by Crippen LogP contribution is 2.13. The molecule has 230 valence electrons. The Labute approximate surface area is 252 Å². The highest BCUT2D eigenvalue weighted by molar-refractivity contribution is 5.88. The topological polar surface area (TPSA) is 58.6 Å². The number of rotatable bonds is 25. The first-order valence-electron chi connectivity index (χ1n) is 16.8. The van der Waals surface area contributed by atoms with Gasteiger partial charge in [0.05, 0.1) is 5.56 Å². The lowest BCUT2D eigenvalue weighted by molar-refractivity contribution is 0.0697. The molecule has 1 rings (SSSR count). The fourth-order valence-electron chi connectivity index (χ4n) is 4.81. The Bertz CT molecular complexity index is 871. The fourth-order valence-corrected chi connectivity index (χ4v) is 4.81. The highest BCUT2D eigenvalue weighted by atomic mass is 16.5. The number of nitrogens with one attached hydrogen (secondary N) is 1. The average Bonchev–Trinajstić information content (AvgIpc) is 2.98. The lowest BCUT2D eigenvalue weighted by atomic mass is 10.1. The summed E-state index contributed by atoms with van der Waals surface area (Å²) in [5, 5.41) is 12.4. The van der Waals surface area contributed by atoms with Gasteiger partial charge in [0.2, 0.25) is 0 Å². The maximum Gasteiger partial charge on any atom is 0.335 e. The number of aromatic carboxylic acids is 1. The number of hydrogen-bond acceptors (Lipinski definition) is 3. The molecular weight excluding hydrogens is 506 g/mol. The van der Waals surface area contributed by atoms with Crippen LogP contribution < -0.4 is 5.32 Å². The molecule has 1 atom stereocenters. The molecule has 1 aromatic rings. The van der Waals surface area contributed by atoms with E-state index in [0.717, 1.165) is 31.4 Å². The predicted octanol–water partition coefficient (Wildman–Crippen LogP) is 10.8. The Hall–Kier alpha value is -2.43. The summed E-state index contributed by atoms with van der Waals surface area (Å²) in [5.74, 6) is 12.0. The van der Waals surface area contributed by atoms with E-state index in [-0.39, 0.29) is 5.56 Å². The van der Waals surface area contributed by atoms with Crippen molar-refractivity contribution in [3.63, 3.8) is 0 Å². The third-order valence-corrected chi connectivity index (χ3v) is 7.42. The predicted molar refractivity (Wildman–Crippen MR) is 175 cm³/mol. The summed E-state index contributed by atoms with van der Waals surface area (Å²) in [7, 11) is 0. The summed E-state index contributed by atoms with van der Waals surface area (Å²) in [5.41, 5.74) is 1.05. The van der Waals surface area contributed by atoms with Crippen LogP contribution in [0.4, 0.5) is 5.69 Å². The molecule has 0 saturated carbocycles. The molecule has 1 unspecified atom stereocenters. The van der Waals surface area contributed by atoms with E-state index in [4.69, 9.17) is 9.84 Å². The molecule has 4 heteroatoms. The number of carbonyl (C=O) groups is 1.